The van der Waals surface area contributed by atoms with E-state index >= 15 is 0 Å². The van der Waals surface area contributed by atoms with Crippen LogP contribution in [-0.4, -0.2) is 28.1 Å². The summed E-state index contributed by atoms with van der Waals surface area (Å²) in [6.07, 6.45) is 3.25. The number of nitrogens with zero attached hydrogens (tertiary/aromatic N) is 2. The van der Waals surface area contributed by atoms with Crippen molar-refractivity contribution in [2.45, 2.75) is 26.2 Å². The average Bonchev–Trinajstić information content (AvgIpc) is 2.68. The van der Waals surface area contributed by atoms with Crippen LogP contribution < -0.4 is 4.74 Å². The summed E-state index contributed by atoms with van der Waals surface area (Å²) in [5.41, 5.74) is 2.13. The van der Waals surface area contributed by atoms with Gasteiger partial charge in [0.2, 0.25) is 11.6 Å². The van der Waals surface area contributed by atoms with Gasteiger partial charge in [-0.25, -0.2) is 9.97 Å². The Morgan fingerprint density at radius 1 is 0.846 bits per heavy atom. The Bertz CT molecular complexity index is 1030. The number of unbranched alkanes of at least 4 members (excludes halogenated alkanes) is 2. The second-order valence-corrected chi connectivity index (χ2v) is 6.33. The normalized spacial score (nSPS) is 12.8. The monoisotopic (exact) mass is 346 g/mol. The zero-order chi connectivity index (χ0) is 18.1. The van der Waals surface area contributed by atoms with Gasteiger partial charge in [0, 0.05) is 17.2 Å². The second kappa shape index (κ2) is 6.67. The van der Waals surface area contributed by atoms with Gasteiger partial charge in [-0.1, -0.05) is 44.0 Å². The van der Waals surface area contributed by atoms with Crippen molar-refractivity contribution in [2.24, 2.45) is 0 Å². The van der Waals surface area contributed by atoms with Crippen LogP contribution in [0.4, 0.5) is 0 Å². The lowest BCUT2D eigenvalue weighted by atomic mass is 9.89. The van der Waals surface area contributed by atoms with Crippen LogP contribution in [0, 0.1) is 0 Å². The summed E-state index contributed by atoms with van der Waals surface area (Å²) < 4.78 is 5.74. The molecule has 0 fully saturated rings. The van der Waals surface area contributed by atoms with E-state index in [4.69, 9.17) is 4.74 Å². The third-order valence-electron chi connectivity index (χ3n) is 4.50. The molecule has 0 aliphatic heterocycles. The van der Waals surface area contributed by atoms with Gasteiger partial charge in [-0.05, 0) is 18.6 Å². The Kier molecular flexibility index (Phi) is 4.21. The summed E-state index contributed by atoms with van der Waals surface area (Å²) in [5, 5.41) is 0. The molecule has 0 saturated heterocycles. The number of aromatic nitrogens is 2. The van der Waals surface area contributed by atoms with Gasteiger partial charge >= 0.3 is 0 Å². The third-order valence-corrected chi connectivity index (χ3v) is 4.50. The number of fused-ring (bicyclic) bond motifs is 3. The van der Waals surface area contributed by atoms with Crippen LogP contribution in [-0.2, 0) is 0 Å². The van der Waals surface area contributed by atoms with Gasteiger partial charge < -0.3 is 4.74 Å². The van der Waals surface area contributed by atoms with Crippen LogP contribution in [0.2, 0.25) is 0 Å². The molecule has 0 spiro atoms. The number of hydrogen-bond acceptors (Lipinski definition) is 5. The molecule has 0 saturated carbocycles. The number of carbonyl (C=O) groups excluding carboxylic acids is 2. The molecule has 5 nitrogen and oxygen atoms in total. The van der Waals surface area contributed by atoms with E-state index in [1.807, 2.05) is 6.07 Å². The fourth-order valence-electron chi connectivity index (χ4n) is 3.12. The van der Waals surface area contributed by atoms with Crippen molar-refractivity contribution < 1.29 is 14.3 Å². The van der Waals surface area contributed by atoms with Gasteiger partial charge in [-0.2, -0.15) is 0 Å². The largest absolute Gasteiger partial charge is 0.494 e. The van der Waals surface area contributed by atoms with Crippen molar-refractivity contribution in [3.05, 3.63) is 65.0 Å². The lowest BCUT2D eigenvalue weighted by Gasteiger charge is -2.16. The average molecular weight is 346 g/mol. The minimum Gasteiger partial charge on any atom is -0.494 e. The molecule has 26 heavy (non-hydrogen) atoms. The zero-order valence-electron chi connectivity index (χ0n) is 14.5. The fraction of sp³-hybridized carbons (Fsp3) is 0.238. The molecule has 0 atom stereocenters. The first-order chi connectivity index (χ1) is 12.7. The predicted molar refractivity (Wildman–Crippen MR) is 97.9 cm³/mol. The molecule has 0 bridgehead atoms. The molecular formula is C21H18N2O3. The standard InChI is InChI=1S/C21H18N2O3/c1-2-3-6-11-26-13-9-10-16-17(12-13)23-19-18(22-16)20(24)14-7-4-5-8-15(14)21(19)25/h4-5,7-10,12H,2-3,6,11H2,1H3. The summed E-state index contributed by atoms with van der Waals surface area (Å²) in [6, 6.07) is 12.1. The molecule has 0 radical (unpaired) electrons. The first kappa shape index (κ1) is 16.4. The Hall–Kier alpha value is -3.08. The summed E-state index contributed by atoms with van der Waals surface area (Å²) >= 11 is 0. The van der Waals surface area contributed by atoms with E-state index in [0.717, 1.165) is 19.3 Å². The zero-order valence-corrected chi connectivity index (χ0v) is 14.5. The van der Waals surface area contributed by atoms with Gasteiger partial charge in [-0.3, -0.25) is 9.59 Å². The maximum absolute atomic E-state index is 12.7. The summed E-state index contributed by atoms with van der Waals surface area (Å²) in [7, 11) is 0. The summed E-state index contributed by atoms with van der Waals surface area (Å²) in [6.45, 7) is 2.79. The van der Waals surface area contributed by atoms with Crippen LogP contribution in [0.15, 0.2) is 42.5 Å². The van der Waals surface area contributed by atoms with Gasteiger partial charge in [0.25, 0.3) is 0 Å². The van der Waals surface area contributed by atoms with Gasteiger partial charge in [0.15, 0.2) is 0 Å². The van der Waals surface area contributed by atoms with E-state index in [9.17, 15) is 9.59 Å². The number of ether oxygens (including phenoxy) is 1. The first-order valence-electron chi connectivity index (χ1n) is 8.82. The van der Waals surface area contributed by atoms with Crippen molar-refractivity contribution in [1.82, 2.24) is 9.97 Å². The molecular weight excluding hydrogens is 328 g/mol. The smallest absolute Gasteiger partial charge is 0.214 e. The van der Waals surface area contributed by atoms with Crippen LogP contribution in [0.5, 0.6) is 5.75 Å². The third kappa shape index (κ3) is 2.75. The number of rotatable bonds is 5. The lowest BCUT2D eigenvalue weighted by molar-refractivity contribution is 0.0972. The second-order valence-electron chi connectivity index (χ2n) is 6.33. The van der Waals surface area contributed by atoms with Crippen LogP contribution in [0.1, 0.15) is 58.3 Å². The predicted octanol–water partition coefficient (Wildman–Crippen LogP) is 3.97. The van der Waals surface area contributed by atoms with Crippen molar-refractivity contribution in [2.75, 3.05) is 6.61 Å². The SMILES string of the molecule is CCCCCOc1ccc2nc3c(nc2c1)C(=O)c1ccccc1C3=O. The maximum atomic E-state index is 12.7. The molecule has 0 amide bonds. The van der Waals surface area contributed by atoms with Gasteiger partial charge in [-0.15, -0.1) is 0 Å². The minimum absolute atomic E-state index is 0.115. The molecule has 2 aromatic carbocycles. The Labute approximate surface area is 151 Å². The topological polar surface area (TPSA) is 69.2 Å². The molecule has 1 aromatic heterocycles. The fourth-order valence-corrected chi connectivity index (χ4v) is 3.12. The molecule has 1 heterocycles. The molecule has 1 aliphatic rings. The first-order valence-corrected chi connectivity index (χ1v) is 8.82. The van der Waals surface area contributed by atoms with Crippen molar-refractivity contribution in [3.63, 3.8) is 0 Å². The quantitative estimate of drug-likeness (QED) is 0.511. The summed E-state index contributed by atoms with van der Waals surface area (Å²) in [5.74, 6) is 0.168. The van der Waals surface area contributed by atoms with E-state index in [1.54, 1.807) is 36.4 Å². The highest BCUT2D eigenvalue weighted by molar-refractivity contribution is 6.27. The van der Waals surface area contributed by atoms with Gasteiger partial charge in [0.1, 0.15) is 17.1 Å². The maximum Gasteiger partial charge on any atom is 0.214 e. The van der Waals surface area contributed by atoms with E-state index < -0.39 is 0 Å². The van der Waals surface area contributed by atoms with Crippen molar-refractivity contribution in [3.8, 4) is 5.75 Å². The Morgan fingerprint density at radius 2 is 1.50 bits per heavy atom. The van der Waals surface area contributed by atoms with Gasteiger partial charge in [0.05, 0.1) is 17.6 Å². The van der Waals surface area contributed by atoms with E-state index in [2.05, 4.69) is 16.9 Å². The summed E-state index contributed by atoms with van der Waals surface area (Å²) in [4.78, 5) is 34.3. The number of benzene rings is 2. The number of hydrogen-bond donors (Lipinski definition) is 0. The molecule has 3 aromatic rings. The number of ketones is 2. The van der Waals surface area contributed by atoms with Crippen molar-refractivity contribution in [1.29, 1.82) is 0 Å². The van der Waals surface area contributed by atoms with E-state index in [0.29, 0.717) is 34.5 Å². The lowest BCUT2D eigenvalue weighted by Crippen LogP contribution is -2.23. The van der Waals surface area contributed by atoms with Crippen molar-refractivity contribution >= 4 is 22.6 Å². The molecule has 1 aliphatic carbocycles. The van der Waals surface area contributed by atoms with Crippen LogP contribution in [0.3, 0.4) is 0 Å². The highest BCUT2D eigenvalue weighted by Crippen LogP contribution is 2.27. The Morgan fingerprint density at radius 3 is 2.15 bits per heavy atom. The minimum atomic E-state index is -0.265. The van der Waals surface area contributed by atoms with Crippen LogP contribution >= 0.6 is 0 Å². The number of carbonyl (C=O) groups is 2. The van der Waals surface area contributed by atoms with E-state index in [-0.39, 0.29) is 23.0 Å². The molecule has 0 N–H and O–H groups in total. The molecule has 130 valence electrons. The highest BCUT2D eigenvalue weighted by atomic mass is 16.5. The van der Waals surface area contributed by atoms with E-state index in [1.165, 1.54) is 0 Å². The Balaban J connectivity index is 1.73. The molecule has 4 rings (SSSR count). The van der Waals surface area contributed by atoms with Crippen LogP contribution in [0.25, 0.3) is 11.0 Å². The molecule has 5 heteroatoms. The highest BCUT2D eigenvalue weighted by Gasteiger charge is 2.32. The molecule has 0 unspecified atom stereocenters.